The third kappa shape index (κ3) is 3.11. The van der Waals surface area contributed by atoms with Crippen molar-refractivity contribution in [2.24, 2.45) is 0 Å². The molecule has 4 heterocycles. The smallest absolute Gasteiger partial charge is 0.327 e. The molecule has 5 rings (SSSR count). The van der Waals surface area contributed by atoms with Crippen molar-refractivity contribution in [1.29, 1.82) is 0 Å². The zero-order valence-corrected chi connectivity index (χ0v) is 17.1. The summed E-state index contributed by atoms with van der Waals surface area (Å²) in [7, 11) is 0. The Morgan fingerprint density at radius 1 is 1.10 bits per heavy atom. The van der Waals surface area contributed by atoms with Crippen LogP contribution in [0.3, 0.4) is 0 Å². The van der Waals surface area contributed by atoms with Crippen molar-refractivity contribution in [3.8, 4) is 11.3 Å². The van der Waals surface area contributed by atoms with Gasteiger partial charge in [0.2, 0.25) is 0 Å². The van der Waals surface area contributed by atoms with E-state index < -0.39 is 6.04 Å². The molecule has 0 spiro atoms. The van der Waals surface area contributed by atoms with Gasteiger partial charge in [-0.25, -0.2) is 9.78 Å². The van der Waals surface area contributed by atoms with E-state index in [4.69, 9.17) is 4.98 Å². The monoisotopic (exact) mass is 415 g/mol. The van der Waals surface area contributed by atoms with Crippen LogP contribution >= 0.6 is 0 Å². The van der Waals surface area contributed by atoms with Crippen LogP contribution in [0.1, 0.15) is 17.3 Å². The second-order valence-electron chi connectivity index (χ2n) is 7.63. The van der Waals surface area contributed by atoms with Gasteiger partial charge in [-0.05, 0) is 31.2 Å². The molecule has 8 heteroatoms. The maximum atomic E-state index is 13.6. The number of hydrogen-bond donors (Lipinski definition) is 0. The summed E-state index contributed by atoms with van der Waals surface area (Å²) in [6, 6.07) is 12.2. The number of carbonyl (C=O) groups excluding carboxylic acids is 3. The number of nitrogens with zero attached hydrogens (tertiary/aromatic N) is 5. The van der Waals surface area contributed by atoms with Gasteiger partial charge in [0.25, 0.3) is 11.8 Å². The van der Waals surface area contributed by atoms with Crippen molar-refractivity contribution in [1.82, 2.24) is 24.7 Å². The van der Waals surface area contributed by atoms with E-state index in [-0.39, 0.29) is 24.4 Å². The lowest BCUT2D eigenvalue weighted by atomic mass is 10.0. The number of imide groups is 1. The maximum Gasteiger partial charge on any atom is 0.327 e. The molecule has 1 atom stereocenters. The van der Waals surface area contributed by atoms with Crippen LogP contribution < -0.4 is 0 Å². The minimum Gasteiger partial charge on any atom is -0.334 e. The molecule has 4 amide bonds. The average molecular weight is 415 g/mol. The van der Waals surface area contributed by atoms with E-state index in [9.17, 15) is 14.4 Å². The first-order valence-corrected chi connectivity index (χ1v) is 10.3. The Kier molecular flexibility index (Phi) is 4.62. The van der Waals surface area contributed by atoms with E-state index in [1.807, 2.05) is 36.4 Å². The van der Waals surface area contributed by atoms with Gasteiger partial charge in [0.15, 0.2) is 0 Å². The molecule has 0 N–H and O–H groups in total. The molecule has 8 nitrogen and oxygen atoms in total. The van der Waals surface area contributed by atoms with Crippen LogP contribution in [-0.2, 0) is 4.79 Å². The van der Waals surface area contributed by atoms with E-state index in [1.54, 1.807) is 35.2 Å². The fourth-order valence-electron chi connectivity index (χ4n) is 4.32. The summed E-state index contributed by atoms with van der Waals surface area (Å²) in [6.07, 6.45) is 3.38. The largest absolute Gasteiger partial charge is 0.334 e. The van der Waals surface area contributed by atoms with Crippen molar-refractivity contribution >= 4 is 28.7 Å². The highest BCUT2D eigenvalue weighted by Crippen LogP contribution is 2.28. The number of hydrogen-bond acceptors (Lipinski definition) is 5. The number of urea groups is 1. The van der Waals surface area contributed by atoms with Gasteiger partial charge in [-0.2, -0.15) is 0 Å². The van der Waals surface area contributed by atoms with Crippen LogP contribution in [-0.4, -0.2) is 74.7 Å². The topological polar surface area (TPSA) is 86.7 Å². The van der Waals surface area contributed by atoms with Crippen molar-refractivity contribution in [2.45, 2.75) is 13.0 Å². The molecule has 0 radical (unpaired) electrons. The first-order chi connectivity index (χ1) is 15.1. The molecule has 2 aromatic heterocycles. The summed E-state index contributed by atoms with van der Waals surface area (Å²) in [5.74, 6) is -0.397. The number of piperazine rings is 1. The Balaban J connectivity index is 1.52. The SMILES string of the molecule is CCN1C(=O)C2CN(C(=O)c3cc(-c4ccncc4)nc4ccccc34)CCN2C1=O. The first kappa shape index (κ1) is 19.2. The number of aromatic nitrogens is 2. The molecule has 1 unspecified atom stereocenters. The quantitative estimate of drug-likeness (QED) is 0.613. The highest BCUT2D eigenvalue weighted by Gasteiger charge is 2.47. The third-order valence-corrected chi connectivity index (χ3v) is 5.93. The minimum absolute atomic E-state index is 0.163. The standard InChI is InChI=1S/C23H21N5O3/c1-2-27-22(30)20-14-26(11-12-28(20)23(27)31)21(29)17-13-19(15-7-9-24-10-8-15)25-18-6-4-3-5-16(17)18/h3-10,13,20H,2,11-12,14H2,1H3. The van der Waals surface area contributed by atoms with Gasteiger partial charge in [-0.15, -0.1) is 0 Å². The van der Waals surface area contributed by atoms with Gasteiger partial charge in [-0.1, -0.05) is 18.2 Å². The highest BCUT2D eigenvalue weighted by molar-refractivity contribution is 6.08. The summed E-state index contributed by atoms with van der Waals surface area (Å²) >= 11 is 0. The number of likely N-dealkylation sites (N-methyl/N-ethyl adjacent to an activating group) is 1. The van der Waals surface area contributed by atoms with Crippen molar-refractivity contribution in [2.75, 3.05) is 26.2 Å². The zero-order valence-electron chi connectivity index (χ0n) is 17.1. The molecule has 3 aromatic rings. The molecule has 0 aliphatic carbocycles. The molecular weight excluding hydrogens is 394 g/mol. The van der Waals surface area contributed by atoms with Gasteiger partial charge in [0.05, 0.1) is 23.3 Å². The van der Waals surface area contributed by atoms with Crippen molar-refractivity contribution in [3.63, 3.8) is 0 Å². The predicted octanol–water partition coefficient (Wildman–Crippen LogP) is 2.41. The van der Waals surface area contributed by atoms with Crippen LogP contribution in [0.4, 0.5) is 4.79 Å². The van der Waals surface area contributed by atoms with Gasteiger partial charge in [0.1, 0.15) is 6.04 Å². The number of benzene rings is 1. The molecule has 2 fully saturated rings. The lowest BCUT2D eigenvalue weighted by Gasteiger charge is -2.35. The second kappa shape index (κ2) is 7.46. The maximum absolute atomic E-state index is 13.6. The molecule has 1 aromatic carbocycles. The number of carbonyl (C=O) groups is 3. The molecule has 2 aliphatic rings. The fourth-order valence-corrected chi connectivity index (χ4v) is 4.32. The summed E-state index contributed by atoms with van der Waals surface area (Å²) in [5.41, 5.74) is 2.82. The van der Waals surface area contributed by atoms with Crippen molar-refractivity contribution in [3.05, 3.63) is 60.4 Å². The first-order valence-electron chi connectivity index (χ1n) is 10.3. The number of amides is 4. The van der Waals surface area contributed by atoms with E-state index in [2.05, 4.69) is 4.98 Å². The number of para-hydroxylation sites is 1. The van der Waals surface area contributed by atoms with Gasteiger partial charge < -0.3 is 9.80 Å². The Morgan fingerprint density at radius 2 is 1.87 bits per heavy atom. The highest BCUT2D eigenvalue weighted by atomic mass is 16.2. The Labute approximate surface area is 179 Å². The molecule has 0 bridgehead atoms. The normalized spacial score (nSPS) is 18.6. The van der Waals surface area contributed by atoms with Crippen LogP contribution in [0, 0.1) is 0 Å². The van der Waals surface area contributed by atoms with Crippen LogP contribution in [0.5, 0.6) is 0 Å². The number of pyridine rings is 2. The van der Waals surface area contributed by atoms with Crippen LogP contribution in [0.15, 0.2) is 54.9 Å². The molecule has 31 heavy (non-hydrogen) atoms. The lowest BCUT2D eigenvalue weighted by Crippen LogP contribution is -2.54. The molecule has 156 valence electrons. The van der Waals surface area contributed by atoms with Crippen molar-refractivity contribution < 1.29 is 14.4 Å². The molecule has 0 saturated carbocycles. The van der Waals surface area contributed by atoms with Gasteiger partial charge >= 0.3 is 6.03 Å². The van der Waals surface area contributed by atoms with Gasteiger partial charge in [-0.3, -0.25) is 19.5 Å². The van der Waals surface area contributed by atoms with E-state index in [1.165, 1.54) is 4.90 Å². The molecular formula is C23H21N5O3. The molecule has 2 saturated heterocycles. The Bertz CT molecular complexity index is 1200. The summed E-state index contributed by atoms with van der Waals surface area (Å²) in [5, 5.41) is 0.761. The number of rotatable bonds is 3. The number of fused-ring (bicyclic) bond motifs is 2. The summed E-state index contributed by atoms with van der Waals surface area (Å²) in [6.45, 7) is 3.04. The molecule has 2 aliphatic heterocycles. The van der Waals surface area contributed by atoms with E-state index >= 15 is 0 Å². The second-order valence-corrected chi connectivity index (χ2v) is 7.63. The Morgan fingerprint density at radius 3 is 2.65 bits per heavy atom. The average Bonchev–Trinajstić information content (AvgIpc) is 3.07. The Hall–Kier alpha value is -3.81. The fraction of sp³-hybridized carbons (Fsp3) is 0.261. The van der Waals surface area contributed by atoms with E-state index in [0.29, 0.717) is 30.9 Å². The lowest BCUT2D eigenvalue weighted by molar-refractivity contribution is -0.129. The van der Waals surface area contributed by atoms with Gasteiger partial charge in [0, 0.05) is 43.0 Å². The minimum atomic E-state index is -0.613. The van der Waals surface area contributed by atoms with Crippen LogP contribution in [0.25, 0.3) is 22.2 Å². The summed E-state index contributed by atoms with van der Waals surface area (Å²) in [4.78, 5) is 51.9. The van der Waals surface area contributed by atoms with E-state index in [0.717, 1.165) is 16.5 Å². The van der Waals surface area contributed by atoms with Crippen LogP contribution in [0.2, 0.25) is 0 Å². The third-order valence-electron chi connectivity index (χ3n) is 5.93. The summed E-state index contributed by atoms with van der Waals surface area (Å²) < 4.78 is 0. The zero-order chi connectivity index (χ0) is 21.5. The predicted molar refractivity (Wildman–Crippen MR) is 114 cm³/mol.